The van der Waals surface area contributed by atoms with Gasteiger partial charge in [-0.05, 0) is 45.2 Å². The first-order valence-electron chi connectivity index (χ1n) is 11.0. The summed E-state index contributed by atoms with van der Waals surface area (Å²) < 4.78 is 26.1. The highest BCUT2D eigenvalue weighted by molar-refractivity contribution is 7.99. The number of aromatic nitrogens is 3. The van der Waals surface area contributed by atoms with E-state index in [9.17, 15) is 13.2 Å². The van der Waals surface area contributed by atoms with Gasteiger partial charge in [0.05, 0.1) is 17.3 Å². The Kier molecular flexibility index (Phi) is 6.71. The molecule has 0 bridgehead atoms. The molecule has 2 fully saturated rings. The second-order valence-electron chi connectivity index (χ2n) is 8.64. The van der Waals surface area contributed by atoms with Crippen LogP contribution in [0.25, 0.3) is 5.69 Å². The van der Waals surface area contributed by atoms with Crippen molar-refractivity contribution < 1.29 is 13.2 Å². The number of hydrogen-bond acceptors (Lipinski definition) is 6. The van der Waals surface area contributed by atoms with Crippen LogP contribution in [0.2, 0.25) is 0 Å². The maximum atomic E-state index is 13.4. The van der Waals surface area contributed by atoms with Gasteiger partial charge in [0.25, 0.3) is 0 Å². The molecular weight excluding hydrogens is 432 g/mol. The first kappa shape index (κ1) is 22.3. The van der Waals surface area contributed by atoms with Crippen molar-refractivity contribution >= 4 is 27.5 Å². The number of carbonyl (C=O) groups is 1. The normalized spacial score (nSPS) is 21.3. The van der Waals surface area contributed by atoms with Crippen LogP contribution in [0.5, 0.6) is 0 Å². The van der Waals surface area contributed by atoms with E-state index in [1.807, 2.05) is 47.6 Å². The average molecular weight is 463 g/mol. The van der Waals surface area contributed by atoms with Gasteiger partial charge >= 0.3 is 0 Å². The number of rotatable bonds is 6. The maximum Gasteiger partial charge on any atom is 0.233 e. The molecule has 7 nitrogen and oxygen atoms in total. The van der Waals surface area contributed by atoms with E-state index in [-0.39, 0.29) is 35.2 Å². The van der Waals surface area contributed by atoms with E-state index in [0.717, 1.165) is 37.2 Å². The molecule has 2 aliphatic rings. The lowest BCUT2D eigenvalue weighted by atomic mass is 9.93. The summed E-state index contributed by atoms with van der Waals surface area (Å²) in [6.07, 6.45) is 5.87. The van der Waals surface area contributed by atoms with E-state index in [1.165, 1.54) is 23.7 Å². The molecule has 168 valence electrons. The molecule has 1 aromatic heterocycles. The van der Waals surface area contributed by atoms with E-state index in [1.54, 1.807) is 0 Å². The fraction of sp³-hybridized carbons (Fsp3) is 0.591. The lowest BCUT2D eigenvalue weighted by Crippen LogP contribution is -2.49. The highest BCUT2D eigenvalue weighted by Gasteiger charge is 2.38. The van der Waals surface area contributed by atoms with Crippen LogP contribution in [-0.4, -0.2) is 63.3 Å². The van der Waals surface area contributed by atoms with Gasteiger partial charge in [0.1, 0.15) is 5.82 Å². The van der Waals surface area contributed by atoms with Crippen molar-refractivity contribution in [3.8, 4) is 5.69 Å². The van der Waals surface area contributed by atoms with Crippen LogP contribution in [0.4, 0.5) is 0 Å². The van der Waals surface area contributed by atoms with Gasteiger partial charge in [-0.15, -0.1) is 10.2 Å². The number of hydrogen-bond donors (Lipinski definition) is 0. The first-order chi connectivity index (χ1) is 14.8. The van der Waals surface area contributed by atoms with Crippen LogP contribution in [0.15, 0.2) is 29.4 Å². The summed E-state index contributed by atoms with van der Waals surface area (Å²) in [5, 5.41) is 9.18. The molecule has 9 heteroatoms. The molecule has 0 unspecified atom stereocenters. The minimum Gasteiger partial charge on any atom is -0.335 e. The van der Waals surface area contributed by atoms with Crippen LogP contribution in [0.3, 0.4) is 0 Å². The predicted octanol–water partition coefficient (Wildman–Crippen LogP) is 3.32. The number of sulfone groups is 1. The lowest BCUT2D eigenvalue weighted by Gasteiger charge is -2.38. The van der Waals surface area contributed by atoms with Gasteiger partial charge in [0.15, 0.2) is 15.0 Å². The van der Waals surface area contributed by atoms with Crippen LogP contribution in [0.1, 0.15) is 49.9 Å². The molecule has 1 amide bonds. The lowest BCUT2D eigenvalue weighted by molar-refractivity contribution is -0.133. The summed E-state index contributed by atoms with van der Waals surface area (Å²) in [5.74, 6) is 1.29. The van der Waals surface area contributed by atoms with Crippen molar-refractivity contribution in [2.75, 3.05) is 17.3 Å². The summed E-state index contributed by atoms with van der Waals surface area (Å²) in [7, 11) is -3.05. The molecule has 1 aliphatic heterocycles. The minimum absolute atomic E-state index is 0.00936. The molecule has 1 saturated heterocycles. The molecule has 2 aromatic rings. The van der Waals surface area contributed by atoms with E-state index < -0.39 is 9.84 Å². The SMILES string of the molecule is Cc1ccc(-n2c(C)nnc2SCC(=O)N(C2CCCCC2)[C@@H]2CCS(=O)(=O)C2)cc1. The van der Waals surface area contributed by atoms with Crippen molar-refractivity contribution in [2.45, 2.75) is 69.6 Å². The molecule has 1 aromatic carbocycles. The maximum absolute atomic E-state index is 13.4. The minimum atomic E-state index is -3.05. The zero-order chi connectivity index (χ0) is 22.0. The van der Waals surface area contributed by atoms with E-state index >= 15 is 0 Å². The summed E-state index contributed by atoms with van der Waals surface area (Å²) in [4.78, 5) is 15.3. The molecule has 1 saturated carbocycles. The van der Waals surface area contributed by atoms with Gasteiger partial charge in [0, 0.05) is 17.8 Å². The molecule has 0 N–H and O–H groups in total. The zero-order valence-corrected chi connectivity index (χ0v) is 19.8. The summed E-state index contributed by atoms with van der Waals surface area (Å²) >= 11 is 1.37. The Bertz CT molecular complexity index is 1030. The Hall–Kier alpha value is -1.87. The average Bonchev–Trinajstić information content (AvgIpc) is 3.29. The number of carbonyl (C=O) groups excluding carboxylic acids is 1. The van der Waals surface area contributed by atoms with Gasteiger partial charge in [-0.3, -0.25) is 9.36 Å². The van der Waals surface area contributed by atoms with E-state index in [0.29, 0.717) is 11.6 Å². The molecule has 4 rings (SSSR count). The second-order valence-corrected chi connectivity index (χ2v) is 11.8. The smallest absolute Gasteiger partial charge is 0.233 e. The third-order valence-corrected chi connectivity index (χ3v) is 8.93. The second kappa shape index (κ2) is 9.32. The quantitative estimate of drug-likeness (QED) is 0.612. The Morgan fingerprint density at radius 1 is 1.06 bits per heavy atom. The number of amides is 1. The standard InChI is InChI=1S/C22H30N4O3S2/c1-16-8-10-19(11-9-16)25-17(2)23-24-22(25)30-14-21(27)26(18-6-4-3-5-7-18)20-12-13-31(28,29)15-20/h8-11,18,20H,3-7,12-15H2,1-2H3/t20-/m1/s1. The molecule has 2 heterocycles. The van der Waals surface area contributed by atoms with Gasteiger partial charge in [-0.25, -0.2) is 8.42 Å². The van der Waals surface area contributed by atoms with Crippen molar-refractivity contribution in [3.05, 3.63) is 35.7 Å². The van der Waals surface area contributed by atoms with E-state index in [4.69, 9.17) is 0 Å². The van der Waals surface area contributed by atoms with Crippen molar-refractivity contribution in [1.82, 2.24) is 19.7 Å². The third-order valence-electron chi connectivity index (χ3n) is 6.27. The fourth-order valence-corrected chi connectivity index (χ4v) is 7.27. The largest absolute Gasteiger partial charge is 0.335 e. The number of benzene rings is 1. The number of nitrogens with zero attached hydrogens (tertiary/aromatic N) is 4. The first-order valence-corrected chi connectivity index (χ1v) is 13.8. The zero-order valence-electron chi connectivity index (χ0n) is 18.2. The van der Waals surface area contributed by atoms with Crippen molar-refractivity contribution in [1.29, 1.82) is 0 Å². The summed E-state index contributed by atoms with van der Waals surface area (Å²) in [5.41, 5.74) is 2.14. The van der Waals surface area contributed by atoms with Gasteiger partial charge in [-0.1, -0.05) is 48.7 Å². The van der Waals surface area contributed by atoms with Crippen LogP contribution < -0.4 is 0 Å². The number of aryl methyl sites for hydroxylation is 2. The third kappa shape index (κ3) is 5.14. The topological polar surface area (TPSA) is 85.2 Å². The monoisotopic (exact) mass is 462 g/mol. The molecular formula is C22H30N4O3S2. The van der Waals surface area contributed by atoms with Crippen LogP contribution in [0, 0.1) is 13.8 Å². The van der Waals surface area contributed by atoms with Crippen molar-refractivity contribution in [2.24, 2.45) is 0 Å². The molecule has 31 heavy (non-hydrogen) atoms. The molecule has 1 atom stereocenters. The van der Waals surface area contributed by atoms with Gasteiger partial charge in [0.2, 0.25) is 5.91 Å². The van der Waals surface area contributed by atoms with Gasteiger partial charge in [-0.2, -0.15) is 0 Å². The summed E-state index contributed by atoms with van der Waals surface area (Å²) in [6, 6.07) is 8.08. The highest BCUT2D eigenvalue weighted by Crippen LogP contribution is 2.30. The molecule has 0 radical (unpaired) electrons. The van der Waals surface area contributed by atoms with Crippen LogP contribution >= 0.6 is 11.8 Å². The fourth-order valence-electron chi connectivity index (χ4n) is 4.69. The Labute approximate surface area is 188 Å². The van der Waals surface area contributed by atoms with E-state index in [2.05, 4.69) is 10.2 Å². The van der Waals surface area contributed by atoms with Crippen molar-refractivity contribution in [3.63, 3.8) is 0 Å². The summed E-state index contributed by atoms with van der Waals surface area (Å²) in [6.45, 7) is 3.94. The van der Waals surface area contributed by atoms with Crippen LogP contribution in [-0.2, 0) is 14.6 Å². The van der Waals surface area contributed by atoms with Gasteiger partial charge < -0.3 is 4.90 Å². The number of thioether (sulfide) groups is 1. The predicted molar refractivity (Wildman–Crippen MR) is 122 cm³/mol. The molecule has 0 spiro atoms. The Morgan fingerprint density at radius 2 is 1.77 bits per heavy atom. The Morgan fingerprint density at radius 3 is 2.42 bits per heavy atom. The molecule has 1 aliphatic carbocycles. The Balaban J connectivity index is 1.51. The highest BCUT2D eigenvalue weighted by atomic mass is 32.2.